The lowest BCUT2D eigenvalue weighted by molar-refractivity contribution is -0.196. The minimum Gasteiger partial charge on any atom is -0.354 e. The van der Waals surface area contributed by atoms with Crippen LogP contribution in [0.5, 0.6) is 0 Å². The summed E-state index contributed by atoms with van der Waals surface area (Å²) in [5.41, 5.74) is 2.47. The van der Waals surface area contributed by atoms with Crippen LogP contribution < -0.4 is 0 Å². The van der Waals surface area contributed by atoms with Gasteiger partial charge in [-0.15, -0.1) is 0 Å². The second kappa shape index (κ2) is 3.37. The van der Waals surface area contributed by atoms with Crippen molar-refractivity contribution in [2.24, 2.45) is 5.16 Å². The van der Waals surface area contributed by atoms with Gasteiger partial charge < -0.3 is 9.94 Å². The summed E-state index contributed by atoms with van der Waals surface area (Å²) in [6, 6.07) is 7.55. The number of benzene rings is 1. The molecule has 1 heterocycles. The molecule has 1 N–H and O–H groups in total. The summed E-state index contributed by atoms with van der Waals surface area (Å²) >= 11 is 3.21. The molecule has 0 bridgehead atoms. The van der Waals surface area contributed by atoms with Gasteiger partial charge in [-0.1, -0.05) is 45.4 Å². The molecule has 1 unspecified atom stereocenters. The summed E-state index contributed by atoms with van der Waals surface area (Å²) < 4.78 is 0. The van der Waals surface area contributed by atoms with Crippen molar-refractivity contribution in [2.45, 2.75) is 12.7 Å². The predicted octanol–water partition coefficient (Wildman–Crippen LogP) is 1.98. The highest BCUT2D eigenvalue weighted by atomic mass is 79.9. The average molecular weight is 256 g/mol. The maximum Gasteiger partial charge on any atom is 0.271 e. The lowest BCUT2D eigenvalue weighted by atomic mass is 9.97. The Morgan fingerprint density at radius 2 is 2.21 bits per heavy atom. The number of oxime groups is 1. The minimum atomic E-state index is -1.34. The SMILES string of the molecule is CC1=NOC(O)(CBr)c2ccccc21. The van der Waals surface area contributed by atoms with Crippen LogP contribution in [0, 0.1) is 0 Å². The zero-order valence-corrected chi connectivity index (χ0v) is 9.28. The van der Waals surface area contributed by atoms with Crippen molar-refractivity contribution in [3.8, 4) is 0 Å². The van der Waals surface area contributed by atoms with Gasteiger partial charge in [-0.05, 0) is 6.92 Å². The lowest BCUT2D eigenvalue weighted by Gasteiger charge is -2.29. The molecule has 0 saturated heterocycles. The summed E-state index contributed by atoms with van der Waals surface area (Å²) in [4.78, 5) is 5.05. The molecule has 74 valence electrons. The Morgan fingerprint density at radius 3 is 2.93 bits per heavy atom. The number of hydrogen-bond donors (Lipinski definition) is 1. The van der Waals surface area contributed by atoms with E-state index in [0.29, 0.717) is 5.33 Å². The van der Waals surface area contributed by atoms with Crippen LogP contribution in [0.2, 0.25) is 0 Å². The van der Waals surface area contributed by atoms with Gasteiger partial charge in [-0.3, -0.25) is 0 Å². The van der Waals surface area contributed by atoms with Crippen molar-refractivity contribution in [3.63, 3.8) is 0 Å². The van der Waals surface area contributed by atoms with E-state index in [-0.39, 0.29) is 0 Å². The number of halogens is 1. The Kier molecular flexibility index (Phi) is 2.33. The monoisotopic (exact) mass is 255 g/mol. The quantitative estimate of drug-likeness (QED) is 0.780. The fourth-order valence-corrected chi connectivity index (χ4v) is 1.88. The maximum atomic E-state index is 10.1. The first kappa shape index (κ1) is 9.68. The first-order chi connectivity index (χ1) is 6.67. The summed E-state index contributed by atoms with van der Waals surface area (Å²) in [5, 5.41) is 14.2. The van der Waals surface area contributed by atoms with Crippen LogP contribution in [-0.2, 0) is 10.6 Å². The molecule has 1 atom stereocenters. The van der Waals surface area contributed by atoms with Crippen LogP contribution in [0.15, 0.2) is 29.4 Å². The molecular weight excluding hydrogens is 246 g/mol. The summed E-state index contributed by atoms with van der Waals surface area (Å²) in [6.45, 7) is 1.85. The molecule has 0 aliphatic carbocycles. The van der Waals surface area contributed by atoms with Gasteiger partial charge in [0.05, 0.1) is 11.0 Å². The van der Waals surface area contributed by atoms with Gasteiger partial charge in [-0.2, -0.15) is 0 Å². The molecule has 1 aromatic rings. The smallest absolute Gasteiger partial charge is 0.271 e. The lowest BCUT2D eigenvalue weighted by Crippen LogP contribution is -2.34. The number of nitrogens with zero attached hydrogens (tertiary/aromatic N) is 1. The fraction of sp³-hybridized carbons (Fsp3) is 0.300. The van der Waals surface area contributed by atoms with E-state index in [9.17, 15) is 5.11 Å². The van der Waals surface area contributed by atoms with Crippen LogP contribution in [0.3, 0.4) is 0 Å². The number of aliphatic hydroxyl groups is 1. The van der Waals surface area contributed by atoms with E-state index in [0.717, 1.165) is 16.8 Å². The fourth-order valence-electron chi connectivity index (χ4n) is 1.48. The molecule has 0 radical (unpaired) electrons. The molecule has 0 spiro atoms. The Bertz CT molecular complexity index is 391. The maximum absolute atomic E-state index is 10.1. The van der Waals surface area contributed by atoms with Gasteiger partial charge >= 0.3 is 0 Å². The number of fused-ring (bicyclic) bond motifs is 1. The summed E-state index contributed by atoms with van der Waals surface area (Å²) in [6.07, 6.45) is 0. The van der Waals surface area contributed by atoms with E-state index >= 15 is 0 Å². The molecule has 14 heavy (non-hydrogen) atoms. The molecule has 1 aliphatic heterocycles. The van der Waals surface area contributed by atoms with Crippen LogP contribution in [0.1, 0.15) is 18.1 Å². The molecular formula is C10H10BrNO2. The van der Waals surface area contributed by atoms with Crippen LogP contribution in [-0.4, -0.2) is 16.1 Å². The Hall–Kier alpha value is -0.870. The third-order valence-corrected chi connectivity index (χ3v) is 3.01. The molecule has 0 amide bonds. The van der Waals surface area contributed by atoms with E-state index in [4.69, 9.17) is 4.84 Å². The Labute approximate surface area is 90.5 Å². The topological polar surface area (TPSA) is 41.8 Å². The second-order valence-corrected chi connectivity index (χ2v) is 3.79. The van der Waals surface area contributed by atoms with Crippen LogP contribution >= 0.6 is 15.9 Å². The first-order valence-electron chi connectivity index (χ1n) is 4.28. The highest BCUT2D eigenvalue weighted by molar-refractivity contribution is 9.09. The average Bonchev–Trinajstić information content (AvgIpc) is 2.24. The van der Waals surface area contributed by atoms with Crippen molar-refractivity contribution in [1.82, 2.24) is 0 Å². The molecule has 2 rings (SSSR count). The van der Waals surface area contributed by atoms with E-state index < -0.39 is 5.79 Å². The van der Waals surface area contributed by atoms with E-state index in [1.807, 2.05) is 31.2 Å². The van der Waals surface area contributed by atoms with Gasteiger partial charge in [0.25, 0.3) is 5.79 Å². The van der Waals surface area contributed by atoms with E-state index in [1.165, 1.54) is 0 Å². The van der Waals surface area contributed by atoms with E-state index in [2.05, 4.69) is 21.1 Å². The largest absolute Gasteiger partial charge is 0.354 e. The molecule has 0 fully saturated rings. The van der Waals surface area contributed by atoms with Gasteiger partial charge in [0.1, 0.15) is 0 Å². The van der Waals surface area contributed by atoms with Crippen LogP contribution in [0.4, 0.5) is 0 Å². The second-order valence-electron chi connectivity index (χ2n) is 3.23. The van der Waals surface area contributed by atoms with E-state index in [1.54, 1.807) is 0 Å². The first-order valence-corrected chi connectivity index (χ1v) is 5.40. The van der Waals surface area contributed by atoms with Crippen LogP contribution in [0.25, 0.3) is 0 Å². The highest BCUT2D eigenvalue weighted by Crippen LogP contribution is 2.32. The third-order valence-electron chi connectivity index (χ3n) is 2.25. The third kappa shape index (κ3) is 1.35. The number of alkyl halides is 1. The van der Waals surface area contributed by atoms with Gasteiger partial charge in [-0.25, -0.2) is 0 Å². The molecule has 1 aliphatic rings. The standard InChI is InChI=1S/C10H10BrNO2/c1-7-8-4-2-3-5-9(8)10(13,6-11)14-12-7/h2-5,13H,6H2,1H3. The van der Waals surface area contributed by atoms with Gasteiger partial charge in [0.15, 0.2) is 0 Å². The van der Waals surface area contributed by atoms with Gasteiger partial charge in [0, 0.05) is 11.1 Å². The normalized spacial score (nSPS) is 24.9. The van der Waals surface area contributed by atoms with Crippen molar-refractivity contribution in [1.29, 1.82) is 0 Å². The highest BCUT2D eigenvalue weighted by Gasteiger charge is 2.36. The number of rotatable bonds is 1. The molecule has 3 nitrogen and oxygen atoms in total. The molecule has 4 heteroatoms. The summed E-state index contributed by atoms with van der Waals surface area (Å²) in [7, 11) is 0. The zero-order valence-electron chi connectivity index (χ0n) is 7.70. The zero-order chi connectivity index (χ0) is 10.2. The van der Waals surface area contributed by atoms with Crippen molar-refractivity contribution < 1.29 is 9.94 Å². The molecule has 0 saturated carbocycles. The van der Waals surface area contributed by atoms with Gasteiger partial charge in [0.2, 0.25) is 0 Å². The Morgan fingerprint density at radius 1 is 1.50 bits per heavy atom. The van der Waals surface area contributed by atoms with Crippen molar-refractivity contribution in [3.05, 3.63) is 35.4 Å². The molecule has 1 aromatic carbocycles. The predicted molar refractivity (Wildman–Crippen MR) is 57.4 cm³/mol. The summed E-state index contributed by atoms with van der Waals surface area (Å²) in [5.74, 6) is -1.34. The number of hydrogen-bond acceptors (Lipinski definition) is 3. The minimum absolute atomic E-state index is 0.299. The van der Waals surface area contributed by atoms with Crippen molar-refractivity contribution >= 4 is 21.6 Å². The van der Waals surface area contributed by atoms with Crippen molar-refractivity contribution in [2.75, 3.05) is 5.33 Å². The molecule has 0 aromatic heterocycles. The Balaban J connectivity index is 2.60.